The highest BCUT2D eigenvalue weighted by atomic mass is 79.9. The van der Waals surface area contributed by atoms with E-state index in [1.54, 1.807) is 18.2 Å². The number of aromatic amines is 1. The average Bonchev–Trinajstić information content (AvgIpc) is 2.88. The van der Waals surface area contributed by atoms with Gasteiger partial charge in [-0.3, -0.25) is 0 Å². The first-order valence-corrected chi connectivity index (χ1v) is 7.11. The number of nitrogens with one attached hydrogen (secondary N) is 1. The van der Waals surface area contributed by atoms with Crippen LogP contribution in [0.5, 0.6) is 0 Å². The highest BCUT2D eigenvalue weighted by Gasteiger charge is 2.14. The molecule has 0 atom stereocenters. The Morgan fingerprint density at radius 3 is 2.95 bits per heavy atom. The fourth-order valence-electron chi connectivity index (χ4n) is 1.68. The third-order valence-electron chi connectivity index (χ3n) is 2.57. The molecule has 0 amide bonds. The molecule has 0 aliphatic heterocycles. The summed E-state index contributed by atoms with van der Waals surface area (Å²) in [5.74, 6) is -0.977. The monoisotopic (exact) mass is 350 g/mol. The van der Waals surface area contributed by atoms with Crippen LogP contribution in [0.4, 0.5) is 0 Å². The molecule has 100 valence electrons. The van der Waals surface area contributed by atoms with Crippen molar-refractivity contribution in [3.63, 3.8) is 0 Å². The minimum Gasteiger partial charge on any atom is -0.478 e. The fourth-order valence-corrected chi connectivity index (χ4v) is 3.21. The second-order valence-corrected chi connectivity index (χ2v) is 5.77. The molecule has 0 aliphatic carbocycles. The molecule has 1 aromatic carbocycles. The van der Waals surface area contributed by atoms with Gasteiger partial charge in [-0.15, -0.1) is 0 Å². The summed E-state index contributed by atoms with van der Waals surface area (Å²) in [6, 6.07) is 5.00. The van der Waals surface area contributed by atoms with E-state index in [9.17, 15) is 9.90 Å². The third-order valence-corrected chi connectivity index (χ3v) is 4.12. The molecule has 0 bridgehead atoms. The normalized spacial score (nSPS) is 10.8. The molecule has 20 heavy (non-hydrogen) atoms. The number of imidazole rings is 1. The highest BCUT2D eigenvalue weighted by molar-refractivity contribution is 9.10. The molecule has 2 N–H and O–H groups in total. The number of aromatic carboxylic acids is 1. The van der Waals surface area contributed by atoms with Crippen molar-refractivity contribution in [2.24, 2.45) is 0 Å². The molecule has 2 heterocycles. The van der Waals surface area contributed by atoms with Crippen molar-refractivity contribution < 1.29 is 9.90 Å². The number of H-pyrrole nitrogens is 1. The zero-order valence-corrected chi connectivity index (χ0v) is 12.3. The van der Waals surface area contributed by atoms with Gasteiger partial charge < -0.3 is 10.1 Å². The van der Waals surface area contributed by atoms with Gasteiger partial charge in [0.1, 0.15) is 16.9 Å². The smallest absolute Gasteiger partial charge is 0.336 e. The quantitative estimate of drug-likeness (QED) is 0.705. The summed E-state index contributed by atoms with van der Waals surface area (Å²) in [6.07, 6.45) is 2.94. The van der Waals surface area contributed by atoms with E-state index in [1.807, 2.05) is 0 Å². The van der Waals surface area contributed by atoms with Crippen molar-refractivity contribution in [2.45, 2.75) is 9.92 Å². The molecule has 2 aromatic heterocycles. The lowest BCUT2D eigenvalue weighted by molar-refractivity contribution is 0.0693. The molecular weight excluding hydrogens is 344 g/mol. The summed E-state index contributed by atoms with van der Waals surface area (Å²) >= 11 is 4.60. The number of fused-ring (bicyclic) bond motifs is 1. The van der Waals surface area contributed by atoms with Gasteiger partial charge in [0.05, 0.1) is 11.9 Å². The average molecular weight is 351 g/mol. The first-order chi connectivity index (χ1) is 9.65. The molecule has 6 nitrogen and oxygen atoms in total. The lowest BCUT2D eigenvalue weighted by Gasteiger charge is -2.06. The molecule has 0 saturated carbocycles. The molecular formula is C12H7BrN4O2S. The molecule has 0 radical (unpaired) electrons. The number of carbonyl (C=O) groups is 1. The van der Waals surface area contributed by atoms with Crippen LogP contribution in [-0.4, -0.2) is 31.0 Å². The SMILES string of the molecule is O=C(O)c1ccc(Br)cc1Sc1ncnc2nc[nH]c12. The van der Waals surface area contributed by atoms with Crippen LogP contribution < -0.4 is 0 Å². The Morgan fingerprint density at radius 1 is 1.30 bits per heavy atom. The van der Waals surface area contributed by atoms with Gasteiger partial charge in [-0.05, 0) is 18.2 Å². The van der Waals surface area contributed by atoms with E-state index in [0.717, 1.165) is 4.47 Å². The molecule has 0 saturated heterocycles. The van der Waals surface area contributed by atoms with Gasteiger partial charge in [0, 0.05) is 9.37 Å². The van der Waals surface area contributed by atoms with E-state index in [2.05, 4.69) is 35.9 Å². The molecule has 3 aromatic rings. The topological polar surface area (TPSA) is 91.8 Å². The number of benzene rings is 1. The van der Waals surface area contributed by atoms with E-state index < -0.39 is 5.97 Å². The molecule has 8 heteroatoms. The van der Waals surface area contributed by atoms with Crippen LogP contribution in [0, 0.1) is 0 Å². The van der Waals surface area contributed by atoms with Crippen LogP contribution in [0.25, 0.3) is 11.2 Å². The van der Waals surface area contributed by atoms with Gasteiger partial charge >= 0.3 is 5.97 Å². The molecule has 0 fully saturated rings. The van der Waals surface area contributed by atoms with Gasteiger partial charge in [0.2, 0.25) is 0 Å². The van der Waals surface area contributed by atoms with Crippen LogP contribution in [0.2, 0.25) is 0 Å². The van der Waals surface area contributed by atoms with Gasteiger partial charge in [-0.1, -0.05) is 27.7 Å². The Morgan fingerprint density at radius 2 is 2.15 bits per heavy atom. The summed E-state index contributed by atoms with van der Waals surface area (Å²) in [6.45, 7) is 0. The first-order valence-electron chi connectivity index (χ1n) is 5.50. The lowest BCUT2D eigenvalue weighted by atomic mass is 10.2. The van der Waals surface area contributed by atoms with E-state index in [0.29, 0.717) is 21.1 Å². The van der Waals surface area contributed by atoms with Crippen molar-refractivity contribution in [3.8, 4) is 0 Å². The van der Waals surface area contributed by atoms with E-state index in [-0.39, 0.29) is 5.56 Å². The summed E-state index contributed by atoms with van der Waals surface area (Å²) < 4.78 is 0.805. The standard InChI is InChI=1S/C12H7BrN4O2S/c13-6-1-2-7(12(18)19)8(3-6)20-11-9-10(15-4-14-9)16-5-17-11/h1-5H,(H,18,19)(H,14,15,16,17). The number of carboxylic acid groups (broad SMARTS) is 1. The minimum absolute atomic E-state index is 0.226. The molecule has 0 aliphatic rings. The molecule has 0 unspecified atom stereocenters. The zero-order chi connectivity index (χ0) is 14.1. The van der Waals surface area contributed by atoms with Gasteiger partial charge in [-0.25, -0.2) is 19.7 Å². The maximum Gasteiger partial charge on any atom is 0.336 e. The van der Waals surface area contributed by atoms with Crippen LogP contribution in [-0.2, 0) is 0 Å². The van der Waals surface area contributed by atoms with Crippen LogP contribution in [0.1, 0.15) is 10.4 Å². The first kappa shape index (κ1) is 13.1. The predicted octanol–water partition coefficient (Wildman–Crippen LogP) is 2.96. The fraction of sp³-hybridized carbons (Fsp3) is 0. The third kappa shape index (κ3) is 2.39. The Bertz CT molecular complexity index is 805. The molecule has 3 rings (SSSR count). The van der Waals surface area contributed by atoms with E-state index in [4.69, 9.17) is 0 Å². The summed E-state index contributed by atoms with van der Waals surface area (Å²) in [5, 5.41) is 9.86. The number of rotatable bonds is 3. The molecule has 0 spiro atoms. The van der Waals surface area contributed by atoms with Crippen molar-refractivity contribution in [1.82, 2.24) is 19.9 Å². The van der Waals surface area contributed by atoms with Crippen LogP contribution >= 0.6 is 27.7 Å². The Balaban J connectivity index is 2.09. The Labute approximate surface area is 125 Å². The number of nitrogens with zero attached hydrogens (tertiary/aromatic N) is 3. The maximum atomic E-state index is 11.3. The van der Waals surface area contributed by atoms with Crippen LogP contribution in [0.3, 0.4) is 0 Å². The second-order valence-electron chi connectivity index (χ2n) is 3.83. The van der Waals surface area contributed by atoms with Gasteiger partial charge in [0.15, 0.2) is 5.65 Å². The van der Waals surface area contributed by atoms with E-state index in [1.165, 1.54) is 24.4 Å². The number of hydrogen-bond acceptors (Lipinski definition) is 5. The highest BCUT2D eigenvalue weighted by Crippen LogP contribution is 2.33. The van der Waals surface area contributed by atoms with Crippen molar-refractivity contribution in [2.75, 3.05) is 0 Å². The second kappa shape index (κ2) is 5.22. The Kier molecular flexibility index (Phi) is 3.41. The summed E-state index contributed by atoms with van der Waals surface area (Å²) in [4.78, 5) is 27.1. The minimum atomic E-state index is -0.977. The Hall–Kier alpha value is -1.93. The van der Waals surface area contributed by atoms with Gasteiger partial charge in [-0.2, -0.15) is 0 Å². The number of halogens is 1. The van der Waals surface area contributed by atoms with Gasteiger partial charge in [0.25, 0.3) is 0 Å². The zero-order valence-electron chi connectivity index (χ0n) is 9.87. The summed E-state index contributed by atoms with van der Waals surface area (Å²) in [7, 11) is 0. The van der Waals surface area contributed by atoms with Crippen molar-refractivity contribution in [1.29, 1.82) is 0 Å². The number of carboxylic acids is 1. The van der Waals surface area contributed by atoms with E-state index >= 15 is 0 Å². The number of hydrogen-bond donors (Lipinski definition) is 2. The largest absolute Gasteiger partial charge is 0.478 e. The number of aromatic nitrogens is 4. The predicted molar refractivity (Wildman–Crippen MR) is 76.9 cm³/mol. The maximum absolute atomic E-state index is 11.3. The summed E-state index contributed by atoms with van der Waals surface area (Å²) in [5.41, 5.74) is 1.47. The van der Waals surface area contributed by atoms with Crippen molar-refractivity contribution in [3.05, 3.63) is 40.9 Å². The van der Waals surface area contributed by atoms with Crippen LogP contribution in [0.15, 0.2) is 45.2 Å². The lowest BCUT2D eigenvalue weighted by Crippen LogP contribution is -1.99. The van der Waals surface area contributed by atoms with Crippen molar-refractivity contribution >= 4 is 44.8 Å².